The molecule has 108 valence electrons. The molecule has 1 heterocycles. The first-order valence-corrected chi connectivity index (χ1v) is 6.73. The Balaban J connectivity index is 2.18. The highest BCUT2D eigenvalue weighted by Gasteiger charge is 2.11. The standard InChI is InChI=1S/C15H20FN3O/c1-4-19-13(8-11(2)18-19)10-20-15-12(9-17-3)6-5-7-14(15)16/h5-8,17H,4,9-10H2,1-3H3. The van der Waals surface area contributed by atoms with Crippen molar-refractivity contribution in [3.63, 3.8) is 0 Å². The van der Waals surface area contributed by atoms with Crippen molar-refractivity contribution in [3.8, 4) is 5.75 Å². The minimum absolute atomic E-state index is 0.309. The van der Waals surface area contributed by atoms with Gasteiger partial charge in [0.25, 0.3) is 0 Å². The Labute approximate surface area is 118 Å². The summed E-state index contributed by atoms with van der Waals surface area (Å²) in [5, 5.41) is 7.37. The molecule has 1 aromatic carbocycles. The first-order valence-electron chi connectivity index (χ1n) is 6.73. The van der Waals surface area contributed by atoms with E-state index in [4.69, 9.17) is 4.74 Å². The smallest absolute Gasteiger partial charge is 0.165 e. The SMILES string of the molecule is CCn1nc(C)cc1COc1c(F)cccc1CNC. The average Bonchev–Trinajstić information content (AvgIpc) is 2.79. The van der Waals surface area contributed by atoms with Crippen molar-refractivity contribution < 1.29 is 9.13 Å². The van der Waals surface area contributed by atoms with Crippen LogP contribution in [-0.4, -0.2) is 16.8 Å². The van der Waals surface area contributed by atoms with Crippen molar-refractivity contribution in [2.45, 2.75) is 33.5 Å². The quantitative estimate of drug-likeness (QED) is 0.882. The topological polar surface area (TPSA) is 39.1 Å². The summed E-state index contributed by atoms with van der Waals surface area (Å²) in [4.78, 5) is 0. The molecular weight excluding hydrogens is 257 g/mol. The summed E-state index contributed by atoms with van der Waals surface area (Å²) in [6, 6.07) is 6.92. The Hall–Kier alpha value is -1.88. The largest absolute Gasteiger partial charge is 0.484 e. The fourth-order valence-electron chi connectivity index (χ4n) is 2.18. The molecule has 0 aliphatic carbocycles. The summed E-state index contributed by atoms with van der Waals surface area (Å²) in [7, 11) is 1.82. The van der Waals surface area contributed by atoms with Gasteiger partial charge in [-0.15, -0.1) is 0 Å². The molecular formula is C15H20FN3O. The molecule has 5 heteroatoms. The van der Waals surface area contributed by atoms with Gasteiger partial charge in [-0.2, -0.15) is 5.10 Å². The molecule has 1 N–H and O–H groups in total. The fraction of sp³-hybridized carbons (Fsp3) is 0.400. The number of halogens is 1. The predicted molar refractivity (Wildman–Crippen MR) is 76.1 cm³/mol. The van der Waals surface area contributed by atoms with Gasteiger partial charge < -0.3 is 10.1 Å². The second-order valence-corrected chi connectivity index (χ2v) is 4.64. The van der Waals surface area contributed by atoms with Gasteiger partial charge in [0.05, 0.1) is 11.4 Å². The zero-order valence-corrected chi connectivity index (χ0v) is 12.1. The van der Waals surface area contributed by atoms with Crippen LogP contribution < -0.4 is 10.1 Å². The number of ether oxygens (including phenoxy) is 1. The van der Waals surface area contributed by atoms with Crippen molar-refractivity contribution >= 4 is 0 Å². The van der Waals surface area contributed by atoms with Gasteiger partial charge in [-0.25, -0.2) is 4.39 Å². The molecule has 0 aliphatic rings. The van der Waals surface area contributed by atoms with E-state index in [-0.39, 0.29) is 5.82 Å². The van der Waals surface area contributed by atoms with Gasteiger partial charge in [0.1, 0.15) is 6.61 Å². The molecule has 0 unspecified atom stereocenters. The highest BCUT2D eigenvalue weighted by Crippen LogP contribution is 2.23. The molecule has 0 amide bonds. The molecule has 0 spiro atoms. The molecule has 0 saturated carbocycles. The van der Waals surface area contributed by atoms with Crippen LogP contribution in [-0.2, 0) is 19.7 Å². The summed E-state index contributed by atoms with van der Waals surface area (Å²) in [5.74, 6) is -0.0274. The van der Waals surface area contributed by atoms with Crippen LogP contribution in [0, 0.1) is 12.7 Å². The molecule has 0 atom stereocenters. The van der Waals surface area contributed by atoms with Crippen LogP contribution in [0.4, 0.5) is 4.39 Å². The third-order valence-electron chi connectivity index (χ3n) is 3.07. The van der Waals surface area contributed by atoms with Crippen LogP contribution in [0.25, 0.3) is 0 Å². The zero-order chi connectivity index (χ0) is 14.5. The van der Waals surface area contributed by atoms with Crippen LogP contribution in [0.15, 0.2) is 24.3 Å². The summed E-state index contributed by atoms with van der Waals surface area (Å²) in [6.07, 6.45) is 0. The number of hydrogen-bond acceptors (Lipinski definition) is 3. The van der Waals surface area contributed by atoms with E-state index >= 15 is 0 Å². The Morgan fingerprint density at radius 1 is 1.40 bits per heavy atom. The lowest BCUT2D eigenvalue weighted by molar-refractivity contribution is 0.274. The lowest BCUT2D eigenvalue weighted by Gasteiger charge is -2.12. The number of aryl methyl sites for hydroxylation is 2. The maximum atomic E-state index is 13.9. The Morgan fingerprint density at radius 3 is 2.90 bits per heavy atom. The van der Waals surface area contributed by atoms with Crippen molar-refractivity contribution in [1.82, 2.24) is 15.1 Å². The van der Waals surface area contributed by atoms with Crippen molar-refractivity contribution in [2.75, 3.05) is 7.05 Å². The number of nitrogens with zero attached hydrogens (tertiary/aromatic N) is 2. The Bertz CT molecular complexity index is 580. The molecule has 0 fully saturated rings. The number of nitrogens with one attached hydrogen (secondary N) is 1. The number of para-hydroxylation sites is 1. The molecule has 4 nitrogen and oxygen atoms in total. The summed E-state index contributed by atoms with van der Waals surface area (Å²) < 4.78 is 21.4. The van der Waals surface area contributed by atoms with E-state index in [0.29, 0.717) is 18.9 Å². The van der Waals surface area contributed by atoms with Crippen molar-refractivity contribution in [3.05, 3.63) is 47.0 Å². The van der Waals surface area contributed by atoms with E-state index in [1.54, 1.807) is 6.07 Å². The Kier molecular flexibility index (Phi) is 4.74. The average molecular weight is 277 g/mol. The van der Waals surface area contributed by atoms with Gasteiger partial charge in [0, 0.05) is 18.7 Å². The summed E-state index contributed by atoms with van der Waals surface area (Å²) in [5.41, 5.74) is 2.70. The first-order chi connectivity index (χ1) is 9.65. The molecule has 0 radical (unpaired) electrons. The summed E-state index contributed by atoms with van der Waals surface area (Å²) in [6.45, 7) is 5.61. The molecule has 2 aromatic rings. The molecule has 0 saturated heterocycles. The highest BCUT2D eigenvalue weighted by atomic mass is 19.1. The maximum absolute atomic E-state index is 13.9. The minimum atomic E-state index is -0.336. The van der Waals surface area contributed by atoms with Gasteiger partial charge in [-0.05, 0) is 33.0 Å². The van der Waals surface area contributed by atoms with Crippen LogP contribution in [0.5, 0.6) is 5.75 Å². The van der Waals surface area contributed by atoms with Gasteiger partial charge >= 0.3 is 0 Å². The maximum Gasteiger partial charge on any atom is 0.165 e. The zero-order valence-electron chi connectivity index (χ0n) is 12.1. The number of aromatic nitrogens is 2. The summed E-state index contributed by atoms with van der Waals surface area (Å²) >= 11 is 0. The van der Waals surface area contributed by atoms with Crippen LogP contribution >= 0.6 is 0 Å². The van der Waals surface area contributed by atoms with Crippen LogP contribution in [0.1, 0.15) is 23.9 Å². The number of rotatable bonds is 6. The molecule has 0 aliphatic heterocycles. The van der Waals surface area contributed by atoms with Gasteiger partial charge in [0.2, 0.25) is 0 Å². The van der Waals surface area contributed by atoms with Crippen molar-refractivity contribution in [1.29, 1.82) is 0 Å². The van der Waals surface area contributed by atoms with Crippen LogP contribution in [0.3, 0.4) is 0 Å². The van der Waals surface area contributed by atoms with Gasteiger partial charge in [-0.3, -0.25) is 4.68 Å². The molecule has 20 heavy (non-hydrogen) atoms. The normalized spacial score (nSPS) is 10.8. The molecule has 0 bridgehead atoms. The van der Waals surface area contributed by atoms with E-state index in [1.165, 1.54) is 6.07 Å². The van der Waals surface area contributed by atoms with Gasteiger partial charge in [0.15, 0.2) is 11.6 Å². The van der Waals surface area contributed by atoms with E-state index in [9.17, 15) is 4.39 Å². The van der Waals surface area contributed by atoms with Crippen LogP contribution in [0.2, 0.25) is 0 Å². The minimum Gasteiger partial charge on any atom is -0.484 e. The number of hydrogen-bond donors (Lipinski definition) is 1. The van der Waals surface area contributed by atoms with E-state index in [2.05, 4.69) is 10.4 Å². The lowest BCUT2D eigenvalue weighted by atomic mass is 10.2. The third kappa shape index (κ3) is 3.17. The molecule has 1 aromatic heterocycles. The molecule has 2 rings (SSSR count). The third-order valence-corrected chi connectivity index (χ3v) is 3.07. The van der Waals surface area contributed by atoms with E-state index in [0.717, 1.165) is 23.5 Å². The second-order valence-electron chi connectivity index (χ2n) is 4.64. The second kappa shape index (κ2) is 6.52. The monoisotopic (exact) mass is 277 g/mol. The van der Waals surface area contributed by atoms with Crippen molar-refractivity contribution in [2.24, 2.45) is 0 Å². The predicted octanol–water partition coefficient (Wildman–Crippen LogP) is 2.65. The van der Waals surface area contributed by atoms with E-state index in [1.807, 2.05) is 37.7 Å². The first kappa shape index (κ1) is 14.5. The Morgan fingerprint density at radius 2 is 2.20 bits per heavy atom. The number of benzene rings is 1. The lowest BCUT2D eigenvalue weighted by Crippen LogP contribution is -2.10. The highest BCUT2D eigenvalue weighted by molar-refractivity contribution is 5.35. The van der Waals surface area contributed by atoms with Gasteiger partial charge in [-0.1, -0.05) is 12.1 Å². The van der Waals surface area contributed by atoms with E-state index < -0.39 is 0 Å². The fourth-order valence-corrected chi connectivity index (χ4v) is 2.18.